The SMILES string of the molecule is c1ccc([C@@H](CN2CCCCC2)NC2CCCCC2)cc1. The monoisotopic (exact) mass is 286 g/mol. The quantitative estimate of drug-likeness (QED) is 0.875. The number of piperidine rings is 1. The molecule has 1 aliphatic heterocycles. The Labute approximate surface area is 129 Å². The molecule has 2 nitrogen and oxygen atoms in total. The fourth-order valence-electron chi connectivity index (χ4n) is 3.89. The van der Waals surface area contributed by atoms with Crippen LogP contribution in [0, 0.1) is 0 Å². The second-order valence-electron chi connectivity index (χ2n) is 6.83. The maximum Gasteiger partial charge on any atom is 0.0451 e. The molecule has 1 aromatic carbocycles. The van der Waals surface area contributed by atoms with Crippen molar-refractivity contribution >= 4 is 0 Å². The molecule has 0 spiro atoms. The molecule has 1 heterocycles. The van der Waals surface area contributed by atoms with Crippen molar-refractivity contribution in [3.05, 3.63) is 35.9 Å². The van der Waals surface area contributed by atoms with Crippen molar-refractivity contribution < 1.29 is 0 Å². The number of likely N-dealkylation sites (tertiary alicyclic amines) is 1. The van der Waals surface area contributed by atoms with Gasteiger partial charge in [-0.05, 0) is 44.3 Å². The summed E-state index contributed by atoms with van der Waals surface area (Å²) in [6.07, 6.45) is 11.1. The minimum absolute atomic E-state index is 0.507. The molecule has 1 atom stereocenters. The maximum absolute atomic E-state index is 3.98. The molecule has 0 aromatic heterocycles. The summed E-state index contributed by atoms with van der Waals surface area (Å²) in [6.45, 7) is 3.76. The Morgan fingerprint density at radius 1 is 0.905 bits per heavy atom. The van der Waals surface area contributed by atoms with Crippen LogP contribution in [0.15, 0.2) is 30.3 Å². The summed E-state index contributed by atoms with van der Waals surface area (Å²) in [7, 11) is 0. The van der Waals surface area contributed by atoms with Gasteiger partial charge in [0.25, 0.3) is 0 Å². The minimum atomic E-state index is 0.507. The molecular formula is C19H30N2. The van der Waals surface area contributed by atoms with Crippen LogP contribution >= 0.6 is 0 Å². The third kappa shape index (κ3) is 4.55. The summed E-state index contributed by atoms with van der Waals surface area (Å²) in [5.41, 5.74) is 1.47. The Bertz CT molecular complexity index is 371. The van der Waals surface area contributed by atoms with Crippen molar-refractivity contribution in [2.45, 2.75) is 63.5 Å². The fourth-order valence-corrected chi connectivity index (χ4v) is 3.89. The van der Waals surface area contributed by atoms with Gasteiger partial charge in [0.05, 0.1) is 0 Å². The van der Waals surface area contributed by atoms with Crippen LogP contribution in [-0.2, 0) is 0 Å². The molecule has 0 radical (unpaired) electrons. The van der Waals surface area contributed by atoms with Crippen LogP contribution in [0.4, 0.5) is 0 Å². The van der Waals surface area contributed by atoms with E-state index in [0.29, 0.717) is 6.04 Å². The van der Waals surface area contributed by atoms with Gasteiger partial charge in [-0.15, -0.1) is 0 Å². The first-order valence-electron chi connectivity index (χ1n) is 8.95. The van der Waals surface area contributed by atoms with Crippen LogP contribution in [0.3, 0.4) is 0 Å². The fraction of sp³-hybridized carbons (Fsp3) is 0.684. The van der Waals surface area contributed by atoms with E-state index in [1.165, 1.54) is 76.6 Å². The molecule has 1 saturated carbocycles. The van der Waals surface area contributed by atoms with E-state index in [1.54, 1.807) is 0 Å². The summed E-state index contributed by atoms with van der Waals surface area (Å²) < 4.78 is 0. The highest BCUT2D eigenvalue weighted by atomic mass is 15.2. The van der Waals surface area contributed by atoms with Crippen LogP contribution in [0.25, 0.3) is 0 Å². The summed E-state index contributed by atoms with van der Waals surface area (Å²) in [6, 6.07) is 12.3. The normalized spacial score (nSPS) is 23.0. The number of nitrogens with one attached hydrogen (secondary N) is 1. The summed E-state index contributed by atoms with van der Waals surface area (Å²) in [5.74, 6) is 0. The Kier molecular flexibility index (Phi) is 5.70. The van der Waals surface area contributed by atoms with Crippen LogP contribution < -0.4 is 5.32 Å². The number of nitrogens with zero attached hydrogens (tertiary/aromatic N) is 1. The number of hydrogen-bond acceptors (Lipinski definition) is 2. The molecule has 2 fully saturated rings. The smallest absolute Gasteiger partial charge is 0.0451 e. The van der Waals surface area contributed by atoms with E-state index in [9.17, 15) is 0 Å². The van der Waals surface area contributed by atoms with Crippen molar-refractivity contribution in [3.63, 3.8) is 0 Å². The maximum atomic E-state index is 3.98. The average Bonchev–Trinajstić information content (AvgIpc) is 2.57. The van der Waals surface area contributed by atoms with Crippen molar-refractivity contribution in [2.75, 3.05) is 19.6 Å². The van der Waals surface area contributed by atoms with Gasteiger partial charge in [0.15, 0.2) is 0 Å². The molecule has 0 amide bonds. The third-order valence-corrected chi connectivity index (χ3v) is 5.13. The molecule has 1 saturated heterocycles. The Morgan fingerprint density at radius 2 is 1.57 bits per heavy atom. The lowest BCUT2D eigenvalue weighted by atomic mass is 9.93. The first-order valence-corrected chi connectivity index (χ1v) is 8.95. The van der Waals surface area contributed by atoms with Crippen LogP contribution in [0.2, 0.25) is 0 Å². The average molecular weight is 286 g/mol. The number of benzene rings is 1. The lowest BCUT2D eigenvalue weighted by Crippen LogP contribution is -2.42. The Balaban J connectivity index is 1.64. The van der Waals surface area contributed by atoms with Crippen molar-refractivity contribution in [1.82, 2.24) is 10.2 Å². The van der Waals surface area contributed by atoms with E-state index in [-0.39, 0.29) is 0 Å². The van der Waals surface area contributed by atoms with Crippen molar-refractivity contribution in [1.29, 1.82) is 0 Å². The molecule has 1 aromatic rings. The van der Waals surface area contributed by atoms with E-state index in [4.69, 9.17) is 0 Å². The minimum Gasteiger partial charge on any atom is -0.306 e. The van der Waals surface area contributed by atoms with E-state index in [2.05, 4.69) is 40.5 Å². The molecule has 2 heteroatoms. The lowest BCUT2D eigenvalue weighted by Gasteiger charge is -2.34. The van der Waals surface area contributed by atoms with Gasteiger partial charge in [-0.3, -0.25) is 0 Å². The summed E-state index contributed by atoms with van der Waals surface area (Å²) >= 11 is 0. The van der Waals surface area contributed by atoms with Gasteiger partial charge in [0.1, 0.15) is 0 Å². The highest BCUT2D eigenvalue weighted by Crippen LogP contribution is 2.23. The predicted molar refractivity (Wildman–Crippen MR) is 89.5 cm³/mol. The number of hydrogen-bond donors (Lipinski definition) is 1. The molecule has 1 N–H and O–H groups in total. The summed E-state index contributed by atoms with van der Waals surface area (Å²) in [5, 5.41) is 3.98. The molecule has 21 heavy (non-hydrogen) atoms. The third-order valence-electron chi connectivity index (χ3n) is 5.13. The Morgan fingerprint density at radius 3 is 2.29 bits per heavy atom. The standard InChI is InChI=1S/C19H30N2/c1-4-10-17(11-5-1)19(16-21-14-8-3-9-15-21)20-18-12-6-2-7-13-18/h1,4-5,10-11,18-20H,2-3,6-9,12-16H2/t19-/m1/s1. The van der Waals surface area contributed by atoms with Gasteiger partial charge in [-0.2, -0.15) is 0 Å². The molecule has 3 rings (SSSR count). The summed E-state index contributed by atoms with van der Waals surface area (Å²) in [4.78, 5) is 2.66. The van der Waals surface area contributed by atoms with Gasteiger partial charge in [-0.25, -0.2) is 0 Å². The van der Waals surface area contributed by atoms with E-state index >= 15 is 0 Å². The topological polar surface area (TPSA) is 15.3 Å². The molecule has 1 aliphatic carbocycles. The molecule has 0 bridgehead atoms. The zero-order valence-electron chi connectivity index (χ0n) is 13.3. The van der Waals surface area contributed by atoms with Crippen molar-refractivity contribution in [3.8, 4) is 0 Å². The second-order valence-corrected chi connectivity index (χ2v) is 6.83. The van der Waals surface area contributed by atoms with Gasteiger partial charge in [-0.1, -0.05) is 56.0 Å². The first-order chi connectivity index (χ1) is 10.4. The predicted octanol–water partition coefficient (Wildman–Crippen LogP) is 4.14. The molecule has 116 valence electrons. The lowest BCUT2D eigenvalue weighted by molar-refractivity contribution is 0.194. The van der Waals surface area contributed by atoms with Gasteiger partial charge >= 0.3 is 0 Å². The van der Waals surface area contributed by atoms with Crippen molar-refractivity contribution in [2.24, 2.45) is 0 Å². The molecular weight excluding hydrogens is 256 g/mol. The van der Waals surface area contributed by atoms with Crippen LogP contribution in [0.5, 0.6) is 0 Å². The first kappa shape index (κ1) is 15.1. The largest absolute Gasteiger partial charge is 0.306 e. The highest BCUT2D eigenvalue weighted by Gasteiger charge is 2.22. The Hall–Kier alpha value is -0.860. The van der Waals surface area contributed by atoms with E-state index in [0.717, 1.165) is 6.04 Å². The van der Waals surface area contributed by atoms with E-state index in [1.807, 2.05) is 0 Å². The highest BCUT2D eigenvalue weighted by molar-refractivity contribution is 5.19. The number of rotatable bonds is 5. The van der Waals surface area contributed by atoms with Gasteiger partial charge in [0.2, 0.25) is 0 Å². The molecule has 2 aliphatic rings. The van der Waals surface area contributed by atoms with Crippen LogP contribution in [-0.4, -0.2) is 30.6 Å². The second kappa shape index (κ2) is 7.95. The molecule has 0 unspecified atom stereocenters. The van der Waals surface area contributed by atoms with Gasteiger partial charge in [0, 0.05) is 18.6 Å². The van der Waals surface area contributed by atoms with Gasteiger partial charge < -0.3 is 10.2 Å². The zero-order chi connectivity index (χ0) is 14.3. The zero-order valence-corrected chi connectivity index (χ0v) is 13.3. The van der Waals surface area contributed by atoms with E-state index < -0.39 is 0 Å². The van der Waals surface area contributed by atoms with Crippen LogP contribution in [0.1, 0.15) is 63.0 Å².